The molecule has 1 unspecified atom stereocenters. The second-order valence-corrected chi connectivity index (χ2v) is 5.97. The molecule has 0 aliphatic heterocycles. The molecule has 0 aromatic carbocycles. The molecule has 0 aliphatic carbocycles. The number of rotatable bonds is 7. The maximum Gasteiger partial charge on any atom is 0.230 e. The number of carbonyl (C=O) groups is 1. The Hall–Kier alpha value is -1.08. The van der Waals surface area contributed by atoms with Crippen LogP contribution in [-0.4, -0.2) is 43.7 Å². The molecule has 0 radical (unpaired) electrons. The third-order valence-corrected chi connectivity index (χ3v) is 3.96. The Morgan fingerprint density at radius 3 is 2.84 bits per heavy atom. The molecule has 0 saturated carbocycles. The van der Waals surface area contributed by atoms with Crippen LogP contribution in [0.1, 0.15) is 40.2 Å². The van der Waals surface area contributed by atoms with Crippen LogP contribution in [0.5, 0.6) is 0 Å². The molecule has 1 atom stereocenters. The maximum atomic E-state index is 11.9. The van der Waals surface area contributed by atoms with Crippen molar-refractivity contribution in [3.05, 3.63) is 6.33 Å². The molecule has 6 nitrogen and oxygen atoms in total. The van der Waals surface area contributed by atoms with Gasteiger partial charge in [0.05, 0.1) is 17.9 Å². The molecule has 19 heavy (non-hydrogen) atoms. The van der Waals surface area contributed by atoms with Gasteiger partial charge in [0.15, 0.2) is 5.16 Å². The molecule has 1 aromatic heterocycles. The van der Waals surface area contributed by atoms with Gasteiger partial charge < -0.3 is 15.0 Å². The second kappa shape index (κ2) is 6.91. The van der Waals surface area contributed by atoms with Crippen molar-refractivity contribution in [3.63, 3.8) is 0 Å². The van der Waals surface area contributed by atoms with E-state index in [1.807, 2.05) is 32.3 Å². The molecule has 0 aliphatic rings. The van der Waals surface area contributed by atoms with Crippen molar-refractivity contribution in [2.45, 2.75) is 50.9 Å². The summed E-state index contributed by atoms with van der Waals surface area (Å²) < 4.78 is 1.92. The number of aliphatic hydroxyl groups is 1. The summed E-state index contributed by atoms with van der Waals surface area (Å²) in [7, 11) is 0. The van der Waals surface area contributed by atoms with Gasteiger partial charge in [-0.25, -0.2) is 0 Å². The van der Waals surface area contributed by atoms with Crippen LogP contribution in [0.4, 0.5) is 0 Å². The molecule has 0 saturated heterocycles. The van der Waals surface area contributed by atoms with E-state index >= 15 is 0 Å². The molecule has 1 heterocycles. The molecule has 1 aromatic rings. The highest BCUT2D eigenvalue weighted by Gasteiger charge is 2.23. The highest BCUT2D eigenvalue weighted by Crippen LogP contribution is 2.18. The van der Waals surface area contributed by atoms with Crippen LogP contribution in [-0.2, 0) is 4.79 Å². The zero-order valence-electron chi connectivity index (χ0n) is 11.9. The predicted molar refractivity (Wildman–Crippen MR) is 75.1 cm³/mol. The maximum absolute atomic E-state index is 11.9. The van der Waals surface area contributed by atoms with E-state index in [-0.39, 0.29) is 24.3 Å². The number of nitrogens with zero attached hydrogens (tertiary/aromatic N) is 3. The van der Waals surface area contributed by atoms with E-state index in [0.717, 1.165) is 5.16 Å². The number of aliphatic hydroxyl groups excluding tert-OH is 1. The van der Waals surface area contributed by atoms with Crippen molar-refractivity contribution in [1.29, 1.82) is 0 Å². The average molecular weight is 286 g/mol. The SMILES string of the molecule is CCC(C)(CO)NC(=O)CSc1nncn1C(C)C. The van der Waals surface area contributed by atoms with Crippen LogP contribution in [0.2, 0.25) is 0 Å². The van der Waals surface area contributed by atoms with Gasteiger partial charge in [-0.15, -0.1) is 10.2 Å². The average Bonchev–Trinajstić information content (AvgIpc) is 2.84. The normalized spacial score (nSPS) is 14.4. The molecule has 1 amide bonds. The minimum Gasteiger partial charge on any atom is -0.394 e. The van der Waals surface area contributed by atoms with Crippen LogP contribution >= 0.6 is 11.8 Å². The summed E-state index contributed by atoms with van der Waals surface area (Å²) in [6.07, 6.45) is 2.34. The quantitative estimate of drug-likeness (QED) is 0.737. The molecule has 1 rings (SSSR count). The molecule has 0 spiro atoms. The summed E-state index contributed by atoms with van der Waals surface area (Å²) >= 11 is 1.35. The molecular weight excluding hydrogens is 264 g/mol. The number of hydrogen-bond donors (Lipinski definition) is 2. The van der Waals surface area contributed by atoms with Gasteiger partial charge in [-0.2, -0.15) is 0 Å². The van der Waals surface area contributed by atoms with Crippen LogP contribution in [0.25, 0.3) is 0 Å². The third-order valence-electron chi connectivity index (χ3n) is 3.00. The Morgan fingerprint density at radius 2 is 2.32 bits per heavy atom. The topological polar surface area (TPSA) is 80.0 Å². The smallest absolute Gasteiger partial charge is 0.230 e. The monoisotopic (exact) mass is 286 g/mol. The van der Waals surface area contributed by atoms with Gasteiger partial charge in [0.1, 0.15) is 6.33 Å². The fourth-order valence-corrected chi connectivity index (χ4v) is 2.28. The zero-order valence-corrected chi connectivity index (χ0v) is 12.7. The lowest BCUT2D eigenvalue weighted by molar-refractivity contribution is -0.120. The molecule has 2 N–H and O–H groups in total. The van der Waals surface area contributed by atoms with E-state index in [1.165, 1.54) is 11.8 Å². The Kier molecular flexibility index (Phi) is 5.81. The standard InChI is InChI=1S/C12H22N4O2S/c1-5-12(4,7-17)14-10(18)6-19-11-15-13-8-16(11)9(2)3/h8-9,17H,5-7H2,1-4H3,(H,14,18). The number of amides is 1. The number of carbonyl (C=O) groups excluding carboxylic acids is 1. The Labute approximate surface area is 118 Å². The van der Waals surface area contributed by atoms with E-state index in [0.29, 0.717) is 6.42 Å². The first kappa shape index (κ1) is 16.0. The highest BCUT2D eigenvalue weighted by molar-refractivity contribution is 7.99. The van der Waals surface area contributed by atoms with Crippen molar-refractivity contribution in [2.75, 3.05) is 12.4 Å². The predicted octanol–water partition coefficient (Wildman–Crippen LogP) is 1.23. The van der Waals surface area contributed by atoms with Crippen molar-refractivity contribution in [1.82, 2.24) is 20.1 Å². The summed E-state index contributed by atoms with van der Waals surface area (Å²) in [6.45, 7) is 7.76. The highest BCUT2D eigenvalue weighted by atomic mass is 32.2. The first-order chi connectivity index (χ1) is 8.91. The lowest BCUT2D eigenvalue weighted by Crippen LogP contribution is -2.49. The van der Waals surface area contributed by atoms with Crippen molar-refractivity contribution < 1.29 is 9.90 Å². The molecular formula is C12H22N4O2S. The second-order valence-electron chi connectivity index (χ2n) is 5.02. The third kappa shape index (κ3) is 4.50. The van der Waals surface area contributed by atoms with E-state index < -0.39 is 5.54 Å². The molecule has 0 bridgehead atoms. The van der Waals surface area contributed by atoms with Crippen LogP contribution in [0.3, 0.4) is 0 Å². The first-order valence-electron chi connectivity index (χ1n) is 6.36. The van der Waals surface area contributed by atoms with E-state index in [9.17, 15) is 9.90 Å². The van der Waals surface area contributed by atoms with Crippen LogP contribution in [0, 0.1) is 0 Å². The van der Waals surface area contributed by atoms with Gasteiger partial charge in [0, 0.05) is 6.04 Å². The van der Waals surface area contributed by atoms with Gasteiger partial charge in [-0.3, -0.25) is 4.79 Å². The Morgan fingerprint density at radius 1 is 1.63 bits per heavy atom. The van der Waals surface area contributed by atoms with Crippen molar-refractivity contribution in [2.24, 2.45) is 0 Å². The van der Waals surface area contributed by atoms with E-state index in [1.54, 1.807) is 6.33 Å². The minimum atomic E-state index is -0.552. The van der Waals surface area contributed by atoms with Gasteiger partial charge in [-0.1, -0.05) is 18.7 Å². The summed E-state index contributed by atoms with van der Waals surface area (Å²) in [5, 5.41) is 20.7. The van der Waals surface area contributed by atoms with E-state index in [2.05, 4.69) is 15.5 Å². The summed E-state index contributed by atoms with van der Waals surface area (Å²) in [5.74, 6) is 0.155. The summed E-state index contributed by atoms with van der Waals surface area (Å²) in [4.78, 5) is 11.9. The number of thioether (sulfide) groups is 1. The fraction of sp³-hybridized carbons (Fsp3) is 0.750. The van der Waals surface area contributed by atoms with Gasteiger partial charge in [-0.05, 0) is 27.2 Å². The number of aromatic nitrogens is 3. The lowest BCUT2D eigenvalue weighted by Gasteiger charge is -2.27. The van der Waals surface area contributed by atoms with Crippen LogP contribution < -0.4 is 5.32 Å². The number of nitrogens with one attached hydrogen (secondary N) is 1. The zero-order chi connectivity index (χ0) is 14.5. The van der Waals surface area contributed by atoms with Gasteiger partial charge >= 0.3 is 0 Å². The van der Waals surface area contributed by atoms with E-state index in [4.69, 9.17) is 0 Å². The van der Waals surface area contributed by atoms with Gasteiger partial charge in [0.2, 0.25) is 5.91 Å². The van der Waals surface area contributed by atoms with Crippen LogP contribution in [0.15, 0.2) is 11.5 Å². The lowest BCUT2D eigenvalue weighted by atomic mass is 10.0. The van der Waals surface area contributed by atoms with Gasteiger partial charge in [0.25, 0.3) is 0 Å². The Bertz CT molecular complexity index is 416. The largest absolute Gasteiger partial charge is 0.394 e. The fourth-order valence-electron chi connectivity index (χ4n) is 1.43. The van der Waals surface area contributed by atoms with Crippen molar-refractivity contribution >= 4 is 17.7 Å². The summed E-state index contributed by atoms with van der Waals surface area (Å²) in [5.41, 5.74) is -0.552. The minimum absolute atomic E-state index is 0.0674. The number of hydrogen-bond acceptors (Lipinski definition) is 5. The van der Waals surface area contributed by atoms with Crippen molar-refractivity contribution in [3.8, 4) is 0 Å². The molecule has 0 fully saturated rings. The molecule has 7 heteroatoms. The molecule has 108 valence electrons. The summed E-state index contributed by atoms with van der Waals surface area (Å²) in [6, 6.07) is 0.263. The first-order valence-corrected chi connectivity index (χ1v) is 7.34. The Balaban J connectivity index is 2.53.